The van der Waals surface area contributed by atoms with Crippen molar-refractivity contribution < 1.29 is 9.84 Å². The molecule has 8 heteroatoms. The van der Waals surface area contributed by atoms with Gasteiger partial charge in [-0.15, -0.1) is 6.42 Å². The Morgan fingerprint density at radius 2 is 2.40 bits per heavy atom. The van der Waals surface area contributed by atoms with Crippen LogP contribution in [0.3, 0.4) is 0 Å². The number of aliphatic hydroxyl groups is 1. The summed E-state index contributed by atoms with van der Waals surface area (Å²) >= 11 is 0. The summed E-state index contributed by atoms with van der Waals surface area (Å²) in [5, 5.41) is 9.99. The number of imidazole rings is 1. The van der Waals surface area contributed by atoms with E-state index in [4.69, 9.17) is 16.9 Å². The van der Waals surface area contributed by atoms with Crippen molar-refractivity contribution in [2.45, 2.75) is 25.4 Å². The van der Waals surface area contributed by atoms with Crippen molar-refractivity contribution in [2.75, 3.05) is 5.73 Å². The number of terminal acetylenes is 1. The molecule has 1 saturated heterocycles. The van der Waals surface area contributed by atoms with E-state index in [1.807, 2.05) is 0 Å². The van der Waals surface area contributed by atoms with Gasteiger partial charge in [-0.05, 0) is 6.92 Å². The van der Waals surface area contributed by atoms with Gasteiger partial charge in [0.25, 0.3) is 5.56 Å². The van der Waals surface area contributed by atoms with Crippen molar-refractivity contribution in [1.29, 1.82) is 0 Å². The number of H-pyrrole nitrogens is 1. The molecule has 0 radical (unpaired) electrons. The fourth-order valence-corrected chi connectivity index (χ4v) is 2.39. The summed E-state index contributed by atoms with van der Waals surface area (Å²) in [5.74, 6) is 1.94. The average molecular weight is 275 g/mol. The van der Waals surface area contributed by atoms with E-state index >= 15 is 0 Å². The van der Waals surface area contributed by atoms with Crippen molar-refractivity contribution in [1.82, 2.24) is 19.5 Å². The number of nitrogens with one attached hydrogen (secondary N) is 1. The molecule has 0 aliphatic carbocycles. The molecule has 0 spiro atoms. The molecule has 1 aliphatic rings. The lowest BCUT2D eigenvalue weighted by Gasteiger charge is -2.16. The molecule has 1 aliphatic heterocycles. The minimum absolute atomic E-state index is 0.0203. The molecule has 4 atom stereocenters. The van der Waals surface area contributed by atoms with Crippen LogP contribution in [-0.2, 0) is 4.74 Å². The smallest absolute Gasteiger partial charge is 0.280 e. The first-order chi connectivity index (χ1) is 9.52. The quantitative estimate of drug-likeness (QED) is 0.588. The number of nitrogen functional groups attached to an aromatic ring is 1. The molecule has 2 aromatic rings. The number of nitrogens with zero attached hydrogens (tertiary/aromatic N) is 3. The molecule has 20 heavy (non-hydrogen) atoms. The van der Waals surface area contributed by atoms with Crippen molar-refractivity contribution in [2.24, 2.45) is 5.92 Å². The number of anilines is 1. The highest BCUT2D eigenvalue weighted by atomic mass is 16.5. The fourth-order valence-electron chi connectivity index (χ4n) is 2.39. The maximum absolute atomic E-state index is 11.7. The predicted molar refractivity (Wildman–Crippen MR) is 70.5 cm³/mol. The van der Waals surface area contributed by atoms with E-state index in [9.17, 15) is 9.90 Å². The number of aliphatic hydroxyl groups excluding tert-OH is 1. The molecule has 1 fully saturated rings. The van der Waals surface area contributed by atoms with Crippen LogP contribution < -0.4 is 11.3 Å². The van der Waals surface area contributed by atoms with Crippen LogP contribution in [0.15, 0.2) is 11.1 Å². The van der Waals surface area contributed by atoms with Gasteiger partial charge in [0.1, 0.15) is 0 Å². The number of fused-ring (bicyclic) bond motifs is 1. The molecule has 104 valence electrons. The molecule has 3 rings (SSSR count). The van der Waals surface area contributed by atoms with E-state index in [1.165, 1.54) is 10.9 Å². The molecular formula is C12H13N5O3. The maximum Gasteiger partial charge on any atom is 0.280 e. The Labute approximate surface area is 113 Å². The SMILES string of the molecule is C#CC1C(O)C(C)OC1n1cnc2c(=O)[nH]c(N)nc21. The Balaban J connectivity index is 2.16. The van der Waals surface area contributed by atoms with Gasteiger partial charge in [-0.3, -0.25) is 14.3 Å². The highest BCUT2D eigenvalue weighted by Gasteiger charge is 2.42. The van der Waals surface area contributed by atoms with Gasteiger partial charge in [-0.2, -0.15) is 4.98 Å². The van der Waals surface area contributed by atoms with Crippen LogP contribution in [0.5, 0.6) is 0 Å². The summed E-state index contributed by atoms with van der Waals surface area (Å²) in [4.78, 5) is 22.1. The molecule has 0 saturated carbocycles. The highest BCUT2D eigenvalue weighted by Crippen LogP contribution is 2.35. The van der Waals surface area contributed by atoms with Crippen molar-refractivity contribution in [3.8, 4) is 12.3 Å². The zero-order chi connectivity index (χ0) is 14.4. The summed E-state index contributed by atoms with van der Waals surface area (Å²) in [7, 11) is 0. The molecule has 0 amide bonds. The van der Waals surface area contributed by atoms with Crippen LogP contribution in [0.4, 0.5) is 5.95 Å². The number of rotatable bonds is 1. The Morgan fingerprint density at radius 3 is 3.10 bits per heavy atom. The standard InChI is InChI=1S/C12H13N5O3/c1-3-6-8(18)5(2)20-11(6)17-4-14-7-9(17)15-12(13)16-10(7)19/h1,4-6,8,11,18H,2H3,(H3,13,15,16,19). The zero-order valence-corrected chi connectivity index (χ0v) is 10.6. The second-order valence-corrected chi connectivity index (χ2v) is 4.69. The predicted octanol–water partition coefficient (Wildman–Crippen LogP) is -0.771. The lowest BCUT2D eigenvalue weighted by molar-refractivity contribution is -0.00841. The Kier molecular flexibility index (Phi) is 2.74. The van der Waals surface area contributed by atoms with Gasteiger partial charge in [0.05, 0.1) is 24.5 Å². The number of hydrogen-bond donors (Lipinski definition) is 3. The van der Waals surface area contributed by atoms with Gasteiger partial charge in [0.15, 0.2) is 17.4 Å². The number of aromatic nitrogens is 4. The summed E-state index contributed by atoms with van der Waals surface area (Å²) in [6.45, 7) is 1.72. The molecule has 0 aromatic carbocycles. The van der Waals surface area contributed by atoms with E-state index in [2.05, 4.69) is 20.9 Å². The molecule has 4 unspecified atom stereocenters. The molecule has 8 nitrogen and oxygen atoms in total. The Bertz CT molecular complexity index is 759. The first kappa shape index (κ1) is 12.7. The minimum Gasteiger partial charge on any atom is -0.389 e. The normalized spacial score (nSPS) is 29.6. The zero-order valence-electron chi connectivity index (χ0n) is 10.6. The van der Waals surface area contributed by atoms with Crippen molar-refractivity contribution >= 4 is 17.1 Å². The first-order valence-corrected chi connectivity index (χ1v) is 6.05. The van der Waals surface area contributed by atoms with Crippen LogP contribution in [-0.4, -0.2) is 36.8 Å². The topological polar surface area (TPSA) is 119 Å². The van der Waals surface area contributed by atoms with Crippen molar-refractivity contribution in [3.63, 3.8) is 0 Å². The van der Waals surface area contributed by atoms with E-state index in [-0.39, 0.29) is 17.1 Å². The summed E-state index contributed by atoms with van der Waals surface area (Å²) in [6.07, 6.45) is 5.01. The number of hydrogen-bond acceptors (Lipinski definition) is 6. The van der Waals surface area contributed by atoms with Gasteiger partial charge in [-0.1, -0.05) is 5.92 Å². The number of ether oxygens (including phenoxy) is 1. The minimum atomic E-state index is -0.790. The summed E-state index contributed by atoms with van der Waals surface area (Å²) in [5.41, 5.74) is 5.52. The monoisotopic (exact) mass is 275 g/mol. The average Bonchev–Trinajstić information content (AvgIpc) is 2.92. The molecule has 4 N–H and O–H groups in total. The second kappa shape index (κ2) is 4.33. The third-order valence-electron chi connectivity index (χ3n) is 3.43. The van der Waals surface area contributed by atoms with E-state index in [0.29, 0.717) is 0 Å². The van der Waals surface area contributed by atoms with Crippen molar-refractivity contribution in [3.05, 3.63) is 16.7 Å². The van der Waals surface area contributed by atoms with Crippen LogP contribution in [0, 0.1) is 18.3 Å². The lowest BCUT2D eigenvalue weighted by atomic mass is 10.0. The van der Waals surface area contributed by atoms with Gasteiger partial charge in [-0.25, -0.2) is 4.98 Å². The lowest BCUT2D eigenvalue weighted by Crippen LogP contribution is -2.24. The van der Waals surface area contributed by atoms with Gasteiger partial charge < -0.3 is 15.6 Å². The van der Waals surface area contributed by atoms with Crippen LogP contribution in [0.1, 0.15) is 13.2 Å². The molecule has 3 heterocycles. The third-order valence-corrected chi connectivity index (χ3v) is 3.43. The highest BCUT2D eigenvalue weighted by molar-refractivity contribution is 5.70. The molecular weight excluding hydrogens is 262 g/mol. The third kappa shape index (κ3) is 1.68. The largest absolute Gasteiger partial charge is 0.389 e. The Morgan fingerprint density at radius 1 is 1.65 bits per heavy atom. The second-order valence-electron chi connectivity index (χ2n) is 4.69. The van der Waals surface area contributed by atoms with Crippen LogP contribution in [0.25, 0.3) is 11.2 Å². The Hall–Kier alpha value is -2.37. The first-order valence-electron chi connectivity index (χ1n) is 6.05. The number of nitrogens with two attached hydrogens (primary N) is 1. The van der Waals surface area contributed by atoms with E-state index in [0.717, 1.165) is 0 Å². The number of aromatic amines is 1. The van der Waals surface area contributed by atoms with E-state index in [1.54, 1.807) is 6.92 Å². The van der Waals surface area contributed by atoms with Gasteiger partial charge in [0.2, 0.25) is 5.95 Å². The molecule has 0 bridgehead atoms. The van der Waals surface area contributed by atoms with E-state index < -0.39 is 29.9 Å². The van der Waals surface area contributed by atoms with Crippen LogP contribution in [0.2, 0.25) is 0 Å². The fraction of sp³-hybridized carbons (Fsp3) is 0.417. The maximum atomic E-state index is 11.7. The van der Waals surface area contributed by atoms with Gasteiger partial charge >= 0.3 is 0 Å². The summed E-state index contributed by atoms with van der Waals surface area (Å²) in [6, 6.07) is 0. The van der Waals surface area contributed by atoms with Gasteiger partial charge in [0, 0.05) is 0 Å². The summed E-state index contributed by atoms with van der Waals surface area (Å²) < 4.78 is 7.17. The molecule has 2 aromatic heterocycles. The van der Waals surface area contributed by atoms with Crippen LogP contribution >= 0.6 is 0 Å².